The van der Waals surface area contributed by atoms with Gasteiger partial charge in [-0.3, -0.25) is 4.79 Å². The molecule has 1 aliphatic heterocycles. The highest BCUT2D eigenvalue weighted by atomic mass is 19.1. The van der Waals surface area contributed by atoms with Crippen molar-refractivity contribution in [3.8, 4) is 0 Å². The van der Waals surface area contributed by atoms with Gasteiger partial charge in [0.2, 0.25) is 5.91 Å². The summed E-state index contributed by atoms with van der Waals surface area (Å²) < 4.78 is 13.3. The second kappa shape index (κ2) is 4.57. The predicted molar refractivity (Wildman–Crippen MR) is 66.6 cm³/mol. The molecule has 1 saturated heterocycles. The van der Waals surface area contributed by atoms with Crippen LogP contribution in [0.1, 0.15) is 6.42 Å². The molecular weight excluding hydrogens is 219 g/mol. The lowest BCUT2D eigenvalue weighted by Gasteiger charge is -2.20. The molecule has 4 heteroatoms. The summed E-state index contributed by atoms with van der Waals surface area (Å²) in [5.74, 6) is -0.179. The molecule has 1 heterocycles. The first-order chi connectivity index (χ1) is 8.15. The molecule has 0 aromatic heterocycles. The van der Waals surface area contributed by atoms with Crippen molar-refractivity contribution in [2.24, 2.45) is 5.92 Å². The number of hydrogen-bond donors (Lipinski definition) is 1. The minimum Gasteiger partial charge on any atom is -0.386 e. The van der Waals surface area contributed by atoms with Crippen molar-refractivity contribution < 1.29 is 9.18 Å². The predicted octanol–water partition coefficient (Wildman–Crippen LogP) is 2.41. The Hall–Kier alpha value is -1.84. The van der Waals surface area contributed by atoms with Crippen LogP contribution in [0.25, 0.3) is 0 Å². The molecule has 3 nitrogen and oxygen atoms in total. The highest BCUT2D eigenvalue weighted by molar-refractivity contribution is 5.98. The van der Waals surface area contributed by atoms with E-state index in [2.05, 4.69) is 11.9 Å². The van der Waals surface area contributed by atoms with Crippen LogP contribution in [-0.2, 0) is 4.79 Å². The Morgan fingerprint density at radius 1 is 1.59 bits per heavy atom. The molecule has 1 fully saturated rings. The van der Waals surface area contributed by atoms with Crippen LogP contribution in [0, 0.1) is 11.7 Å². The first-order valence-electron chi connectivity index (χ1n) is 5.56. The number of benzene rings is 1. The van der Waals surface area contributed by atoms with Gasteiger partial charge in [-0.2, -0.15) is 0 Å². The Kier molecular flexibility index (Phi) is 3.13. The van der Waals surface area contributed by atoms with Gasteiger partial charge in [0, 0.05) is 25.9 Å². The molecule has 1 aromatic carbocycles. The van der Waals surface area contributed by atoms with E-state index in [1.54, 1.807) is 24.1 Å². The number of hydrogen-bond acceptors (Lipinski definition) is 2. The normalized spacial score (nSPS) is 19.5. The minimum atomic E-state index is -0.339. The van der Waals surface area contributed by atoms with Crippen molar-refractivity contribution >= 4 is 17.3 Å². The second-order valence-electron chi connectivity index (χ2n) is 4.12. The highest BCUT2D eigenvalue weighted by Gasteiger charge is 2.30. The van der Waals surface area contributed by atoms with E-state index in [9.17, 15) is 9.18 Å². The number of carbonyl (C=O) groups excluding carboxylic acids is 1. The van der Waals surface area contributed by atoms with Crippen LogP contribution in [0.3, 0.4) is 0 Å². The summed E-state index contributed by atoms with van der Waals surface area (Å²) in [6.45, 7) is 4.27. The van der Waals surface area contributed by atoms with Crippen LogP contribution in [0.5, 0.6) is 0 Å². The average Bonchev–Trinajstić information content (AvgIpc) is 2.70. The minimum absolute atomic E-state index is 0.0111. The van der Waals surface area contributed by atoms with Crippen molar-refractivity contribution in [3.05, 3.63) is 36.7 Å². The Balaban J connectivity index is 2.36. The number of amides is 1. The first-order valence-corrected chi connectivity index (χ1v) is 5.56. The molecule has 17 heavy (non-hydrogen) atoms. The largest absolute Gasteiger partial charge is 0.386 e. The summed E-state index contributed by atoms with van der Waals surface area (Å²) >= 11 is 0. The lowest BCUT2D eigenvalue weighted by Crippen LogP contribution is -2.25. The van der Waals surface area contributed by atoms with Gasteiger partial charge in [0.1, 0.15) is 5.82 Å². The second-order valence-corrected chi connectivity index (χ2v) is 4.12. The fraction of sp³-hybridized carbons (Fsp3) is 0.308. The molecule has 0 aliphatic carbocycles. The van der Waals surface area contributed by atoms with Crippen molar-refractivity contribution in [1.29, 1.82) is 0 Å². The summed E-state index contributed by atoms with van der Waals surface area (Å²) in [5, 5.41) is 2.97. The first kappa shape index (κ1) is 11.6. The molecule has 1 amide bonds. The maximum absolute atomic E-state index is 13.3. The van der Waals surface area contributed by atoms with Gasteiger partial charge in [-0.25, -0.2) is 4.39 Å². The van der Waals surface area contributed by atoms with Gasteiger partial charge in [-0.05, 0) is 18.2 Å². The molecule has 1 atom stereocenters. The van der Waals surface area contributed by atoms with E-state index in [1.165, 1.54) is 12.1 Å². The Labute approximate surface area is 99.9 Å². The number of nitrogens with one attached hydrogen (secondary N) is 1. The van der Waals surface area contributed by atoms with Gasteiger partial charge >= 0.3 is 0 Å². The van der Waals surface area contributed by atoms with E-state index in [0.717, 1.165) is 5.69 Å². The standard InChI is InChI=1S/C13H15FN2O/c1-3-9-6-13(17)16(8-9)12-7-10(14)4-5-11(12)15-2/h3-5,7,9,15H,1,6,8H2,2H3. The number of nitrogens with zero attached hydrogens (tertiary/aromatic N) is 1. The smallest absolute Gasteiger partial charge is 0.227 e. The molecule has 1 N–H and O–H groups in total. The summed E-state index contributed by atoms with van der Waals surface area (Å²) in [7, 11) is 1.75. The van der Waals surface area contributed by atoms with Gasteiger partial charge in [0.15, 0.2) is 0 Å². The van der Waals surface area contributed by atoms with Gasteiger partial charge in [-0.1, -0.05) is 6.08 Å². The number of rotatable bonds is 3. The van der Waals surface area contributed by atoms with Crippen LogP contribution in [-0.4, -0.2) is 19.5 Å². The molecule has 1 aliphatic rings. The third-order valence-electron chi connectivity index (χ3n) is 3.01. The highest BCUT2D eigenvalue weighted by Crippen LogP contribution is 2.32. The van der Waals surface area contributed by atoms with E-state index in [1.807, 2.05) is 0 Å². The van der Waals surface area contributed by atoms with Gasteiger partial charge in [-0.15, -0.1) is 6.58 Å². The third-order valence-corrected chi connectivity index (χ3v) is 3.01. The Morgan fingerprint density at radius 3 is 2.94 bits per heavy atom. The fourth-order valence-corrected chi connectivity index (χ4v) is 2.07. The van der Waals surface area contributed by atoms with Crippen LogP contribution in [0.2, 0.25) is 0 Å². The monoisotopic (exact) mass is 234 g/mol. The topological polar surface area (TPSA) is 32.3 Å². The van der Waals surface area contributed by atoms with E-state index in [-0.39, 0.29) is 17.6 Å². The lowest BCUT2D eigenvalue weighted by atomic mass is 10.1. The van der Waals surface area contributed by atoms with Crippen LogP contribution in [0.15, 0.2) is 30.9 Å². The van der Waals surface area contributed by atoms with E-state index < -0.39 is 0 Å². The summed E-state index contributed by atoms with van der Waals surface area (Å²) in [6, 6.07) is 4.40. The van der Waals surface area contributed by atoms with Crippen LogP contribution < -0.4 is 10.2 Å². The van der Waals surface area contributed by atoms with E-state index >= 15 is 0 Å². The quantitative estimate of drug-likeness (QED) is 0.814. The maximum atomic E-state index is 13.3. The SMILES string of the molecule is C=CC1CC(=O)N(c2cc(F)ccc2NC)C1. The molecule has 0 saturated carbocycles. The van der Waals surface area contributed by atoms with Crippen molar-refractivity contribution in [3.63, 3.8) is 0 Å². The van der Waals surface area contributed by atoms with Crippen LogP contribution >= 0.6 is 0 Å². The maximum Gasteiger partial charge on any atom is 0.227 e. The third kappa shape index (κ3) is 2.16. The lowest BCUT2D eigenvalue weighted by molar-refractivity contribution is -0.117. The number of halogens is 1. The molecule has 0 radical (unpaired) electrons. The van der Waals surface area contributed by atoms with Gasteiger partial charge < -0.3 is 10.2 Å². The molecule has 0 bridgehead atoms. The van der Waals surface area contributed by atoms with Gasteiger partial charge in [0.25, 0.3) is 0 Å². The molecule has 90 valence electrons. The summed E-state index contributed by atoms with van der Waals surface area (Å²) in [6.07, 6.45) is 2.22. The zero-order chi connectivity index (χ0) is 12.4. The number of anilines is 2. The van der Waals surface area contributed by atoms with Gasteiger partial charge in [0.05, 0.1) is 11.4 Å². The molecule has 1 aromatic rings. The zero-order valence-electron chi connectivity index (χ0n) is 9.74. The van der Waals surface area contributed by atoms with E-state index in [4.69, 9.17) is 0 Å². The van der Waals surface area contributed by atoms with Crippen molar-refractivity contribution in [2.75, 3.05) is 23.8 Å². The Bertz CT molecular complexity index is 459. The van der Waals surface area contributed by atoms with Crippen molar-refractivity contribution in [1.82, 2.24) is 0 Å². The average molecular weight is 234 g/mol. The zero-order valence-corrected chi connectivity index (χ0v) is 9.74. The van der Waals surface area contributed by atoms with Crippen LogP contribution in [0.4, 0.5) is 15.8 Å². The molecule has 1 unspecified atom stereocenters. The fourth-order valence-electron chi connectivity index (χ4n) is 2.07. The molecule has 2 rings (SSSR count). The van der Waals surface area contributed by atoms with Crippen molar-refractivity contribution in [2.45, 2.75) is 6.42 Å². The Morgan fingerprint density at radius 2 is 2.35 bits per heavy atom. The molecule has 0 spiro atoms. The summed E-state index contributed by atoms with van der Waals surface area (Å²) in [4.78, 5) is 13.5. The number of carbonyl (C=O) groups is 1. The summed E-state index contributed by atoms with van der Waals surface area (Å²) in [5.41, 5.74) is 1.35. The van der Waals surface area contributed by atoms with E-state index in [0.29, 0.717) is 18.7 Å². The molecular formula is C13H15FN2O.